The van der Waals surface area contributed by atoms with Crippen LogP contribution >= 0.6 is 0 Å². The third-order valence-corrected chi connectivity index (χ3v) is 4.71. The number of hydrogen-bond acceptors (Lipinski definition) is 2. The zero-order chi connectivity index (χ0) is 17.7. The maximum Gasteiger partial charge on any atom is 0.330 e. The van der Waals surface area contributed by atoms with Crippen molar-refractivity contribution in [1.29, 1.82) is 0 Å². The topological polar surface area (TPSA) is 26.3 Å². The van der Waals surface area contributed by atoms with E-state index >= 15 is 0 Å². The van der Waals surface area contributed by atoms with Crippen LogP contribution in [0.2, 0.25) is 0 Å². The molecule has 0 fully saturated rings. The lowest BCUT2D eigenvalue weighted by Crippen LogP contribution is -2.00. The number of hydrogen-bond donors (Lipinski definition) is 0. The van der Waals surface area contributed by atoms with Crippen LogP contribution in [-0.2, 0) is 9.53 Å². The van der Waals surface area contributed by atoms with E-state index in [4.69, 9.17) is 0 Å². The molecule has 0 radical (unpaired) electrons. The molecule has 0 aliphatic rings. The lowest BCUT2D eigenvalue weighted by molar-refractivity contribution is -0.134. The highest BCUT2D eigenvalue weighted by molar-refractivity contribution is 5.82. The van der Waals surface area contributed by atoms with Gasteiger partial charge in [-0.2, -0.15) is 0 Å². The molecule has 0 amide bonds. The van der Waals surface area contributed by atoms with E-state index in [1.54, 1.807) is 6.08 Å². The van der Waals surface area contributed by atoms with Gasteiger partial charge in [0, 0.05) is 6.08 Å². The Bertz CT molecular complexity index is 331. The molecular formula is C21H40O2. The second kappa shape index (κ2) is 13.6. The van der Waals surface area contributed by atoms with Gasteiger partial charge in [0.2, 0.25) is 0 Å². The van der Waals surface area contributed by atoms with Gasteiger partial charge < -0.3 is 4.74 Å². The van der Waals surface area contributed by atoms with Crippen molar-refractivity contribution >= 4 is 5.97 Å². The van der Waals surface area contributed by atoms with E-state index < -0.39 is 0 Å². The minimum Gasteiger partial charge on any atom is -0.466 e. The number of methoxy groups -OCH3 is 1. The second-order valence-electron chi connectivity index (χ2n) is 7.87. The van der Waals surface area contributed by atoms with Gasteiger partial charge in [-0.1, -0.05) is 78.2 Å². The first kappa shape index (κ1) is 22.2. The smallest absolute Gasteiger partial charge is 0.330 e. The van der Waals surface area contributed by atoms with E-state index in [1.165, 1.54) is 58.5 Å². The zero-order valence-electron chi connectivity index (χ0n) is 16.5. The summed E-state index contributed by atoms with van der Waals surface area (Å²) in [5, 5.41) is 0. The number of rotatable bonds is 13. The molecule has 2 atom stereocenters. The van der Waals surface area contributed by atoms with Crippen LogP contribution in [0.15, 0.2) is 11.6 Å². The van der Waals surface area contributed by atoms with Crippen LogP contribution < -0.4 is 0 Å². The molecule has 23 heavy (non-hydrogen) atoms. The molecule has 0 rings (SSSR count). The summed E-state index contributed by atoms with van der Waals surface area (Å²) in [7, 11) is 1.43. The van der Waals surface area contributed by atoms with Gasteiger partial charge in [0.1, 0.15) is 0 Å². The van der Waals surface area contributed by atoms with E-state index in [9.17, 15) is 4.79 Å². The van der Waals surface area contributed by atoms with E-state index in [2.05, 4.69) is 32.4 Å². The summed E-state index contributed by atoms with van der Waals surface area (Å²) in [4.78, 5) is 11.1. The normalized spacial score (nSPS) is 14.8. The summed E-state index contributed by atoms with van der Waals surface area (Å²) in [6.45, 7) is 11.4. The highest BCUT2D eigenvalue weighted by Gasteiger charge is 2.07. The Hall–Kier alpha value is -0.790. The predicted molar refractivity (Wildman–Crippen MR) is 100 cm³/mol. The number of allylic oxidation sites excluding steroid dienone is 1. The highest BCUT2D eigenvalue weighted by Crippen LogP contribution is 2.22. The van der Waals surface area contributed by atoms with E-state index in [0.29, 0.717) is 0 Å². The Morgan fingerprint density at radius 3 is 1.83 bits per heavy atom. The van der Waals surface area contributed by atoms with Gasteiger partial charge in [0.05, 0.1) is 7.11 Å². The number of carbonyl (C=O) groups is 1. The van der Waals surface area contributed by atoms with Gasteiger partial charge >= 0.3 is 5.97 Å². The van der Waals surface area contributed by atoms with Crippen molar-refractivity contribution in [1.82, 2.24) is 0 Å². The number of carbonyl (C=O) groups excluding carboxylic acids is 1. The summed E-state index contributed by atoms with van der Waals surface area (Å²) in [6, 6.07) is 0. The number of ether oxygens (including phenoxy) is 1. The van der Waals surface area contributed by atoms with E-state index in [1.807, 2.05) is 6.92 Å². The summed E-state index contributed by atoms with van der Waals surface area (Å²) in [6.07, 6.45) is 13.3. The van der Waals surface area contributed by atoms with Crippen molar-refractivity contribution in [2.75, 3.05) is 7.11 Å². The molecule has 136 valence electrons. The third-order valence-electron chi connectivity index (χ3n) is 4.71. The molecule has 0 aromatic rings. The van der Waals surface area contributed by atoms with Gasteiger partial charge in [-0.25, -0.2) is 4.79 Å². The zero-order valence-corrected chi connectivity index (χ0v) is 16.5. The van der Waals surface area contributed by atoms with Crippen molar-refractivity contribution in [3.63, 3.8) is 0 Å². The van der Waals surface area contributed by atoms with Gasteiger partial charge in [0.25, 0.3) is 0 Å². The van der Waals surface area contributed by atoms with E-state index in [0.717, 1.165) is 29.7 Å². The van der Waals surface area contributed by atoms with Crippen LogP contribution in [-0.4, -0.2) is 13.1 Å². The molecule has 0 saturated heterocycles. The van der Waals surface area contributed by atoms with Crippen LogP contribution in [0.3, 0.4) is 0 Å². The van der Waals surface area contributed by atoms with Gasteiger partial charge in [-0.15, -0.1) is 0 Å². The molecule has 0 aromatic carbocycles. The molecule has 0 saturated carbocycles. The fraction of sp³-hybridized carbons (Fsp3) is 0.857. The SMILES string of the molecule is COC(=O)/C=C(\C)CCCC(C)CCCC(C)CCCC(C)C. The maximum absolute atomic E-state index is 11.1. The Labute approximate surface area is 145 Å². The molecule has 2 unspecified atom stereocenters. The summed E-state index contributed by atoms with van der Waals surface area (Å²) >= 11 is 0. The first-order valence-electron chi connectivity index (χ1n) is 9.60. The first-order valence-corrected chi connectivity index (χ1v) is 9.60. The van der Waals surface area contributed by atoms with Crippen molar-refractivity contribution in [3.8, 4) is 0 Å². The minimum absolute atomic E-state index is 0.234. The Kier molecular flexibility index (Phi) is 13.2. The van der Waals surface area contributed by atoms with Crippen molar-refractivity contribution in [2.45, 2.75) is 92.4 Å². The standard InChI is InChI=1S/C21H40O2/c1-17(2)10-7-11-18(3)12-8-13-19(4)14-9-15-20(5)16-21(22)23-6/h16-19H,7-15H2,1-6H3/b20-16+. The molecule has 2 nitrogen and oxygen atoms in total. The fourth-order valence-electron chi connectivity index (χ4n) is 3.04. The Morgan fingerprint density at radius 2 is 1.35 bits per heavy atom. The monoisotopic (exact) mass is 324 g/mol. The molecule has 0 heterocycles. The highest BCUT2D eigenvalue weighted by atomic mass is 16.5. The van der Waals surface area contributed by atoms with E-state index in [-0.39, 0.29) is 5.97 Å². The van der Waals surface area contributed by atoms with Gasteiger partial charge in [0.15, 0.2) is 0 Å². The summed E-state index contributed by atoms with van der Waals surface area (Å²) in [5.41, 5.74) is 1.13. The predicted octanol–water partition coefficient (Wildman–Crippen LogP) is 6.54. The van der Waals surface area contributed by atoms with Gasteiger partial charge in [-0.3, -0.25) is 0 Å². The van der Waals surface area contributed by atoms with Crippen molar-refractivity contribution in [3.05, 3.63) is 11.6 Å². The largest absolute Gasteiger partial charge is 0.466 e. The molecule has 0 bridgehead atoms. The fourth-order valence-corrected chi connectivity index (χ4v) is 3.04. The van der Waals surface area contributed by atoms with Crippen LogP contribution in [0.1, 0.15) is 92.4 Å². The summed E-state index contributed by atoms with van der Waals surface area (Å²) in [5.74, 6) is 2.29. The number of esters is 1. The van der Waals surface area contributed by atoms with Gasteiger partial charge in [-0.05, 0) is 37.5 Å². The lowest BCUT2D eigenvalue weighted by atomic mass is 9.91. The van der Waals surface area contributed by atoms with Crippen LogP contribution in [0.25, 0.3) is 0 Å². The molecule has 2 heteroatoms. The third kappa shape index (κ3) is 14.5. The summed E-state index contributed by atoms with van der Waals surface area (Å²) < 4.78 is 4.65. The molecule has 0 N–H and O–H groups in total. The molecule has 0 aliphatic heterocycles. The molecular weight excluding hydrogens is 284 g/mol. The molecule has 0 aromatic heterocycles. The van der Waals surface area contributed by atoms with Crippen molar-refractivity contribution in [2.24, 2.45) is 17.8 Å². The first-order chi connectivity index (χ1) is 10.8. The molecule has 0 spiro atoms. The van der Waals surface area contributed by atoms with Crippen LogP contribution in [0.5, 0.6) is 0 Å². The Morgan fingerprint density at radius 1 is 0.870 bits per heavy atom. The Balaban J connectivity index is 3.65. The lowest BCUT2D eigenvalue weighted by Gasteiger charge is -2.15. The van der Waals surface area contributed by atoms with Crippen molar-refractivity contribution < 1.29 is 9.53 Å². The average Bonchev–Trinajstić information content (AvgIpc) is 2.46. The van der Waals surface area contributed by atoms with Crippen LogP contribution in [0.4, 0.5) is 0 Å². The van der Waals surface area contributed by atoms with Crippen LogP contribution in [0, 0.1) is 17.8 Å². The molecule has 0 aliphatic carbocycles. The second-order valence-corrected chi connectivity index (χ2v) is 7.87. The quantitative estimate of drug-likeness (QED) is 0.284. The minimum atomic E-state index is -0.234. The maximum atomic E-state index is 11.1. The average molecular weight is 325 g/mol.